The van der Waals surface area contributed by atoms with Crippen molar-refractivity contribution in [1.29, 1.82) is 0 Å². The van der Waals surface area contributed by atoms with E-state index in [0.717, 1.165) is 42.8 Å². The van der Waals surface area contributed by atoms with Gasteiger partial charge >= 0.3 is 0 Å². The van der Waals surface area contributed by atoms with E-state index in [0.29, 0.717) is 16.3 Å². The summed E-state index contributed by atoms with van der Waals surface area (Å²) in [5.74, 6) is -0.330. The molecule has 0 bridgehead atoms. The molecule has 1 N–H and O–H groups in total. The molecule has 1 aliphatic rings. The van der Waals surface area contributed by atoms with Gasteiger partial charge in [0.15, 0.2) is 0 Å². The van der Waals surface area contributed by atoms with Gasteiger partial charge in [0, 0.05) is 28.9 Å². The van der Waals surface area contributed by atoms with Gasteiger partial charge in [0.25, 0.3) is 0 Å². The molecule has 5 rings (SSSR count). The van der Waals surface area contributed by atoms with Crippen LogP contribution in [0.5, 0.6) is 0 Å². The summed E-state index contributed by atoms with van der Waals surface area (Å²) in [7, 11) is 0. The molecule has 1 aliphatic heterocycles. The minimum absolute atomic E-state index is 0.330. The monoisotopic (exact) mass is 452 g/mol. The van der Waals surface area contributed by atoms with E-state index >= 15 is 0 Å². The van der Waals surface area contributed by atoms with E-state index in [1.54, 1.807) is 24.1 Å². The maximum Gasteiger partial charge on any atom is 0.134 e. The first kappa shape index (κ1) is 20.6. The number of ether oxygens (including phenoxy) is 1. The van der Waals surface area contributed by atoms with Crippen molar-refractivity contribution in [3.05, 3.63) is 77.1 Å². The van der Waals surface area contributed by atoms with Gasteiger partial charge in [0.05, 0.1) is 29.5 Å². The fourth-order valence-corrected chi connectivity index (χ4v) is 5.25. The lowest BCUT2D eigenvalue weighted by molar-refractivity contribution is 0.0773. The number of morpholine rings is 1. The van der Waals surface area contributed by atoms with Crippen LogP contribution in [0.2, 0.25) is 5.02 Å². The van der Waals surface area contributed by atoms with Gasteiger partial charge in [-0.05, 0) is 78.0 Å². The molecule has 31 heavy (non-hydrogen) atoms. The predicted octanol–water partition coefficient (Wildman–Crippen LogP) is 6.94. The average molecular weight is 453 g/mol. The van der Waals surface area contributed by atoms with Gasteiger partial charge in [-0.3, -0.25) is 0 Å². The van der Waals surface area contributed by atoms with Gasteiger partial charge in [-0.2, -0.15) is 0 Å². The van der Waals surface area contributed by atoms with E-state index in [2.05, 4.69) is 46.5 Å². The average Bonchev–Trinajstić information content (AvgIpc) is 3.17. The highest BCUT2D eigenvalue weighted by Gasteiger charge is 2.14. The Morgan fingerprint density at radius 2 is 1.87 bits per heavy atom. The molecule has 0 aliphatic carbocycles. The van der Waals surface area contributed by atoms with Gasteiger partial charge in [0.2, 0.25) is 0 Å². The molecular formula is C25H22ClFN2OS. The summed E-state index contributed by atoms with van der Waals surface area (Å²) < 4.78 is 22.1. The topological polar surface area (TPSA) is 28.3 Å². The van der Waals surface area contributed by atoms with E-state index in [1.807, 2.05) is 12.1 Å². The zero-order valence-electron chi connectivity index (χ0n) is 17.1. The molecule has 0 unspecified atom stereocenters. The van der Waals surface area contributed by atoms with Crippen LogP contribution < -0.4 is 0 Å². The highest BCUT2D eigenvalue weighted by atomic mass is 35.5. The second-order valence-corrected chi connectivity index (χ2v) is 9.27. The van der Waals surface area contributed by atoms with Crippen molar-refractivity contribution in [2.24, 2.45) is 0 Å². The lowest BCUT2D eigenvalue weighted by Gasteiger charge is -2.25. The van der Waals surface area contributed by atoms with Crippen molar-refractivity contribution in [1.82, 2.24) is 9.29 Å². The lowest BCUT2D eigenvalue weighted by Crippen LogP contribution is -2.30. The Morgan fingerprint density at radius 1 is 1.03 bits per heavy atom. The number of halogens is 2. The number of aromatic nitrogens is 1. The van der Waals surface area contributed by atoms with Gasteiger partial charge in [-0.1, -0.05) is 29.8 Å². The summed E-state index contributed by atoms with van der Waals surface area (Å²) in [6, 6.07) is 19.6. The van der Waals surface area contributed by atoms with E-state index in [4.69, 9.17) is 16.3 Å². The number of nitrogens with one attached hydrogen (secondary N) is 1. The number of hydrogen-bond acceptors (Lipinski definition) is 3. The number of hydrogen-bond donors (Lipinski definition) is 1. The number of aryl methyl sites for hydroxylation is 1. The fourth-order valence-electron chi connectivity index (χ4n) is 3.99. The van der Waals surface area contributed by atoms with Crippen molar-refractivity contribution in [2.75, 3.05) is 26.3 Å². The van der Waals surface area contributed by atoms with Crippen LogP contribution in [0.25, 0.3) is 33.3 Å². The quantitative estimate of drug-likeness (QED) is 0.340. The van der Waals surface area contributed by atoms with Crippen LogP contribution in [-0.2, 0) is 4.74 Å². The van der Waals surface area contributed by atoms with E-state index in [1.165, 1.54) is 22.1 Å². The maximum absolute atomic E-state index is 14.4. The number of fused-ring (bicyclic) bond motifs is 1. The maximum atomic E-state index is 14.4. The van der Waals surface area contributed by atoms with Crippen LogP contribution in [0.3, 0.4) is 0 Å². The molecule has 0 atom stereocenters. The molecule has 3 aromatic carbocycles. The summed E-state index contributed by atoms with van der Waals surface area (Å²) in [5, 5.41) is 1.42. The Bertz CT molecular complexity index is 1230. The summed E-state index contributed by atoms with van der Waals surface area (Å²) >= 11 is 8.04. The number of nitrogens with zero attached hydrogens (tertiary/aromatic N) is 1. The molecule has 2 heterocycles. The molecule has 6 heteroatoms. The molecule has 0 radical (unpaired) electrons. The third-order valence-electron chi connectivity index (χ3n) is 5.57. The highest BCUT2D eigenvalue weighted by molar-refractivity contribution is 7.97. The second-order valence-electron chi connectivity index (χ2n) is 7.69. The number of benzene rings is 3. The molecule has 0 spiro atoms. The van der Waals surface area contributed by atoms with E-state index in [9.17, 15) is 4.39 Å². The Labute approximate surface area is 190 Å². The van der Waals surface area contributed by atoms with Crippen LogP contribution in [0.1, 0.15) is 5.56 Å². The Kier molecular flexibility index (Phi) is 5.76. The van der Waals surface area contributed by atoms with Gasteiger partial charge < -0.3 is 9.72 Å². The van der Waals surface area contributed by atoms with Crippen molar-refractivity contribution < 1.29 is 9.13 Å². The third-order valence-corrected chi connectivity index (χ3v) is 6.97. The minimum atomic E-state index is -0.330. The Hall–Kier alpha value is -2.31. The third kappa shape index (κ3) is 4.23. The highest BCUT2D eigenvalue weighted by Crippen LogP contribution is 2.35. The molecule has 0 saturated carbocycles. The number of rotatable bonds is 4. The van der Waals surface area contributed by atoms with Gasteiger partial charge in [-0.15, -0.1) is 0 Å². The summed E-state index contributed by atoms with van der Waals surface area (Å²) in [6.07, 6.45) is 0. The van der Waals surface area contributed by atoms with Crippen molar-refractivity contribution in [2.45, 2.75) is 11.8 Å². The summed E-state index contributed by atoms with van der Waals surface area (Å²) in [5.41, 5.74) is 5.60. The van der Waals surface area contributed by atoms with Crippen LogP contribution >= 0.6 is 23.5 Å². The Balaban J connectivity index is 1.45. The molecule has 3 nitrogen and oxygen atoms in total. The molecule has 0 amide bonds. The first-order valence-corrected chi connectivity index (χ1v) is 11.4. The molecule has 158 valence electrons. The predicted molar refractivity (Wildman–Crippen MR) is 127 cm³/mol. The smallest absolute Gasteiger partial charge is 0.134 e. The molecular weight excluding hydrogens is 431 g/mol. The lowest BCUT2D eigenvalue weighted by atomic mass is 9.99. The SMILES string of the molecule is Cc1cc(SN2CCOCC2)ccc1-c1ccc2[nH]c(-c3c(F)cccc3Cl)cc2c1. The van der Waals surface area contributed by atoms with Crippen molar-refractivity contribution >= 4 is 34.5 Å². The van der Waals surface area contributed by atoms with Gasteiger partial charge in [-0.25, -0.2) is 8.70 Å². The van der Waals surface area contributed by atoms with Crippen molar-refractivity contribution in [3.63, 3.8) is 0 Å². The Morgan fingerprint density at radius 3 is 2.65 bits per heavy atom. The van der Waals surface area contributed by atoms with Crippen LogP contribution in [0.15, 0.2) is 65.6 Å². The number of H-pyrrole nitrogens is 1. The van der Waals surface area contributed by atoms with Crippen LogP contribution in [0, 0.1) is 12.7 Å². The second kappa shape index (κ2) is 8.67. The first-order valence-electron chi connectivity index (χ1n) is 10.3. The molecule has 1 saturated heterocycles. The zero-order chi connectivity index (χ0) is 21.4. The number of aromatic amines is 1. The summed E-state index contributed by atoms with van der Waals surface area (Å²) in [6.45, 7) is 5.63. The van der Waals surface area contributed by atoms with Crippen molar-refractivity contribution in [3.8, 4) is 22.4 Å². The normalized spacial score (nSPS) is 14.9. The summed E-state index contributed by atoms with van der Waals surface area (Å²) in [4.78, 5) is 4.54. The van der Waals surface area contributed by atoms with Crippen LogP contribution in [-0.4, -0.2) is 35.6 Å². The van der Waals surface area contributed by atoms with Gasteiger partial charge in [0.1, 0.15) is 5.82 Å². The zero-order valence-corrected chi connectivity index (χ0v) is 18.7. The van der Waals surface area contributed by atoms with E-state index in [-0.39, 0.29) is 5.82 Å². The first-order chi connectivity index (χ1) is 15.1. The molecule has 1 fully saturated rings. The largest absolute Gasteiger partial charge is 0.379 e. The molecule has 1 aromatic heterocycles. The fraction of sp³-hybridized carbons (Fsp3) is 0.200. The minimum Gasteiger partial charge on any atom is -0.379 e. The van der Waals surface area contributed by atoms with E-state index < -0.39 is 0 Å². The van der Waals surface area contributed by atoms with Crippen LogP contribution in [0.4, 0.5) is 4.39 Å². The standard InChI is InChI=1S/C25H22ClFN2OS/c1-16-13-19(31-29-9-11-30-12-10-29)6-7-20(16)17-5-8-23-18(14-17)15-24(28-23)25-21(26)3-2-4-22(25)27/h2-8,13-15,28H,9-12H2,1H3. The molecule has 4 aromatic rings.